The quantitative estimate of drug-likeness (QED) is 0.857. The molecular weight excluding hydrogens is 332 g/mol. The summed E-state index contributed by atoms with van der Waals surface area (Å²) in [7, 11) is 1.66. The van der Waals surface area contributed by atoms with Crippen LogP contribution < -0.4 is 10.6 Å². The largest absolute Gasteiger partial charge is 0.360 e. The van der Waals surface area contributed by atoms with Crippen LogP contribution in [-0.4, -0.2) is 42.0 Å². The second kappa shape index (κ2) is 8.14. The van der Waals surface area contributed by atoms with Gasteiger partial charge in [-0.2, -0.15) is 0 Å². The number of benzene rings is 1. The number of carbonyl (C=O) groups excluding carboxylic acids is 2. The number of likely N-dealkylation sites (tertiary alicyclic amines) is 1. The molecule has 1 atom stereocenters. The Kier molecular flexibility index (Phi) is 5.68. The van der Waals surface area contributed by atoms with Gasteiger partial charge in [-0.15, -0.1) is 0 Å². The molecule has 0 unspecified atom stereocenters. The van der Waals surface area contributed by atoms with Crippen molar-refractivity contribution in [2.45, 2.75) is 25.8 Å². The van der Waals surface area contributed by atoms with Crippen LogP contribution in [0.5, 0.6) is 0 Å². The van der Waals surface area contributed by atoms with Gasteiger partial charge in [0.15, 0.2) is 5.82 Å². The zero-order valence-corrected chi connectivity index (χ0v) is 15.1. The summed E-state index contributed by atoms with van der Waals surface area (Å²) in [6, 6.07) is 10.9. The Morgan fingerprint density at radius 2 is 1.92 bits per heavy atom. The molecule has 2 aromatic rings. The summed E-state index contributed by atoms with van der Waals surface area (Å²) in [6.07, 6.45) is 1.47. The third-order valence-electron chi connectivity index (χ3n) is 4.75. The highest BCUT2D eigenvalue weighted by Gasteiger charge is 2.33. The summed E-state index contributed by atoms with van der Waals surface area (Å²) in [6.45, 7) is 3.15. The molecule has 2 heterocycles. The standard InChI is InChI=1S/C19H24N4O3/c1-13-12-16(22-26-13)21-19(25)17(14-6-4-3-5-7-14)23-10-8-15(9-11-23)18(24)20-2/h3-7,12,15,17H,8-11H2,1-2H3,(H,20,24)(H,21,22,25)/t17-/m0/s1. The molecule has 7 heteroatoms. The number of aryl methyl sites for hydroxylation is 1. The molecule has 1 fully saturated rings. The number of rotatable bonds is 5. The fraction of sp³-hybridized carbons (Fsp3) is 0.421. The summed E-state index contributed by atoms with van der Waals surface area (Å²) >= 11 is 0. The van der Waals surface area contributed by atoms with Crippen molar-refractivity contribution in [3.05, 3.63) is 47.7 Å². The molecule has 2 N–H and O–H groups in total. The first-order valence-corrected chi connectivity index (χ1v) is 8.83. The van der Waals surface area contributed by atoms with E-state index >= 15 is 0 Å². The highest BCUT2D eigenvalue weighted by molar-refractivity contribution is 5.94. The van der Waals surface area contributed by atoms with Crippen molar-refractivity contribution >= 4 is 17.6 Å². The van der Waals surface area contributed by atoms with Gasteiger partial charge in [0.2, 0.25) is 11.8 Å². The number of hydrogen-bond donors (Lipinski definition) is 2. The van der Waals surface area contributed by atoms with E-state index in [-0.39, 0.29) is 17.7 Å². The summed E-state index contributed by atoms with van der Waals surface area (Å²) in [5, 5.41) is 9.40. The molecule has 1 aliphatic rings. The van der Waals surface area contributed by atoms with Crippen LogP contribution >= 0.6 is 0 Å². The molecule has 1 aromatic heterocycles. The lowest BCUT2D eigenvalue weighted by Gasteiger charge is -2.36. The number of nitrogens with one attached hydrogen (secondary N) is 2. The van der Waals surface area contributed by atoms with Crippen LogP contribution in [0.25, 0.3) is 0 Å². The van der Waals surface area contributed by atoms with Gasteiger partial charge >= 0.3 is 0 Å². The molecule has 26 heavy (non-hydrogen) atoms. The van der Waals surface area contributed by atoms with E-state index < -0.39 is 6.04 Å². The fourth-order valence-electron chi connectivity index (χ4n) is 3.41. The predicted molar refractivity (Wildman–Crippen MR) is 97.4 cm³/mol. The maximum Gasteiger partial charge on any atom is 0.247 e. The van der Waals surface area contributed by atoms with Gasteiger partial charge in [0.05, 0.1) is 0 Å². The molecule has 0 radical (unpaired) electrons. The van der Waals surface area contributed by atoms with Crippen molar-refractivity contribution in [1.82, 2.24) is 15.4 Å². The molecule has 0 bridgehead atoms. The van der Waals surface area contributed by atoms with Crippen LogP contribution in [0.4, 0.5) is 5.82 Å². The maximum absolute atomic E-state index is 13.0. The van der Waals surface area contributed by atoms with Gasteiger partial charge in [0.25, 0.3) is 0 Å². The molecule has 0 spiro atoms. The zero-order valence-electron chi connectivity index (χ0n) is 15.1. The summed E-state index contributed by atoms with van der Waals surface area (Å²) in [5.41, 5.74) is 0.920. The summed E-state index contributed by atoms with van der Waals surface area (Å²) in [5.74, 6) is 0.983. The molecule has 2 amide bonds. The Labute approximate surface area is 152 Å². The molecule has 0 saturated carbocycles. The number of amides is 2. The average Bonchev–Trinajstić information content (AvgIpc) is 3.07. The molecule has 3 rings (SSSR count). The van der Waals surface area contributed by atoms with Crippen molar-refractivity contribution in [3.8, 4) is 0 Å². The van der Waals surface area contributed by atoms with E-state index in [0.717, 1.165) is 18.4 Å². The lowest BCUT2D eigenvalue weighted by molar-refractivity contribution is -0.127. The smallest absolute Gasteiger partial charge is 0.247 e. The van der Waals surface area contributed by atoms with Crippen molar-refractivity contribution in [2.24, 2.45) is 5.92 Å². The van der Waals surface area contributed by atoms with E-state index in [2.05, 4.69) is 20.7 Å². The number of piperidine rings is 1. The number of aromatic nitrogens is 1. The SMILES string of the molecule is CNC(=O)C1CCN([C@H](C(=O)Nc2cc(C)on2)c2ccccc2)CC1. The monoisotopic (exact) mass is 356 g/mol. The van der Waals surface area contributed by atoms with Gasteiger partial charge in [-0.05, 0) is 38.4 Å². The first-order valence-electron chi connectivity index (χ1n) is 8.83. The number of anilines is 1. The van der Waals surface area contributed by atoms with Crippen LogP contribution in [0.15, 0.2) is 40.9 Å². The first-order chi connectivity index (χ1) is 12.6. The molecular formula is C19H24N4O3. The van der Waals surface area contributed by atoms with Gasteiger partial charge in [-0.25, -0.2) is 0 Å². The minimum absolute atomic E-state index is 0.00826. The lowest BCUT2D eigenvalue weighted by Crippen LogP contribution is -2.44. The normalized spacial score (nSPS) is 16.8. The van der Waals surface area contributed by atoms with Crippen LogP contribution in [0.1, 0.15) is 30.2 Å². The second-order valence-corrected chi connectivity index (χ2v) is 6.55. The fourth-order valence-corrected chi connectivity index (χ4v) is 3.41. The Morgan fingerprint density at radius 1 is 1.23 bits per heavy atom. The number of hydrogen-bond acceptors (Lipinski definition) is 5. The Bertz CT molecular complexity index is 751. The van der Waals surface area contributed by atoms with Crippen LogP contribution in [-0.2, 0) is 9.59 Å². The van der Waals surface area contributed by atoms with E-state index in [0.29, 0.717) is 24.7 Å². The third kappa shape index (κ3) is 4.11. The predicted octanol–water partition coefficient (Wildman–Crippen LogP) is 2.12. The van der Waals surface area contributed by atoms with Crippen LogP contribution in [0, 0.1) is 12.8 Å². The lowest BCUT2D eigenvalue weighted by atomic mass is 9.93. The summed E-state index contributed by atoms with van der Waals surface area (Å²) in [4.78, 5) is 27.0. The minimum Gasteiger partial charge on any atom is -0.360 e. The molecule has 1 saturated heterocycles. The van der Waals surface area contributed by atoms with Crippen molar-refractivity contribution in [1.29, 1.82) is 0 Å². The average molecular weight is 356 g/mol. The molecule has 0 aliphatic carbocycles. The number of nitrogens with zero attached hydrogens (tertiary/aromatic N) is 2. The molecule has 1 aromatic carbocycles. The van der Waals surface area contributed by atoms with E-state index in [1.54, 1.807) is 20.0 Å². The van der Waals surface area contributed by atoms with Crippen molar-refractivity contribution in [2.75, 3.05) is 25.5 Å². The molecule has 1 aliphatic heterocycles. The van der Waals surface area contributed by atoms with Gasteiger partial charge in [0.1, 0.15) is 11.8 Å². The van der Waals surface area contributed by atoms with E-state index in [1.165, 1.54) is 0 Å². The van der Waals surface area contributed by atoms with E-state index in [4.69, 9.17) is 4.52 Å². The summed E-state index contributed by atoms with van der Waals surface area (Å²) < 4.78 is 5.03. The van der Waals surface area contributed by atoms with Gasteiger partial charge < -0.3 is 15.2 Å². The van der Waals surface area contributed by atoms with Crippen LogP contribution in [0.3, 0.4) is 0 Å². The Hall–Kier alpha value is -2.67. The molecule has 7 nitrogen and oxygen atoms in total. The van der Waals surface area contributed by atoms with Gasteiger partial charge in [-0.1, -0.05) is 35.5 Å². The van der Waals surface area contributed by atoms with E-state index in [1.807, 2.05) is 30.3 Å². The highest BCUT2D eigenvalue weighted by Crippen LogP contribution is 2.28. The topological polar surface area (TPSA) is 87.5 Å². The highest BCUT2D eigenvalue weighted by atomic mass is 16.5. The maximum atomic E-state index is 13.0. The third-order valence-corrected chi connectivity index (χ3v) is 4.75. The van der Waals surface area contributed by atoms with Gasteiger partial charge in [0, 0.05) is 19.0 Å². The Balaban J connectivity index is 1.76. The minimum atomic E-state index is -0.432. The van der Waals surface area contributed by atoms with Crippen LogP contribution in [0.2, 0.25) is 0 Å². The van der Waals surface area contributed by atoms with Gasteiger partial charge in [-0.3, -0.25) is 14.5 Å². The Morgan fingerprint density at radius 3 is 2.50 bits per heavy atom. The number of carbonyl (C=O) groups is 2. The second-order valence-electron chi connectivity index (χ2n) is 6.55. The van der Waals surface area contributed by atoms with Crippen molar-refractivity contribution in [3.63, 3.8) is 0 Å². The zero-order chi connectivity index (χ0) is 18.5. The first kappa shape index (κ1) is 18.1. The van der Waals surface area contributed by atoms with E-state index in [9.17, 15) is 9.59 Å². The molecule has 138 valence electrons. The van der Waals surface area contributed by atoms with Crippen molar-refractivity contribution < 1.29 is 14.1 Å².